The fourth-order valence-corrected chi connectivity index (χ4v) is 4.42. The number of aromatic hydroxyl groups is 1. The Kier molecular flexibility index (Phi) is 6.94. The van der Waals surface area contributed by atoms with E-state index >= 15 is 0 Å². The van der Waals surface area contributed by atoms with Gasteiger partial charge in [0.1, 0.15) is 11.9 Å². The summed E-state index contributed by atoms with van der Waals surface area (Å²) in [5, 5.41) is 18.7. The molecular formula is C25H24BrClN2O3. The number of methoxy groups -OCH3 is 1. The van der Waals surface area contributed by atoms with Crippen LogP contribution in [0, 0.1) is 0 Å². The Labute approximate surface area is 201 Å². The van der Waals surface area contributed by atoms with Crippen LogP contribution in [0.2, 0.25) is 5.02 Å². The summed E-state index contributed by atoms with van der Waals surface area (Å²) in [6, 6.07) is 18.9. The molecule has 1 aliphatic heterocycles. The summed E-state index contributed by atoms with van der Waals surface area (Å²) in [4.78, 5) is 0. The van der Waals surface area contributed by atoms with Gasteiger partial charge in [-0.05, 0) is 70.4 Å². The number of para-hydroxylation sites is 1. The lowest BCUT2D eigenvalue weighted by Gasteiger charge is -2.33. The lowest BCUT2D eigenvalue weighted by Crippen LogP contribution is -2.39. The first-order valence-corrected chi connectivity index (χ1v) is 11.5. The molecule has 2 unspecified atom stereocenters. The molecule has 1 aliphatic rings. The van der Waals surface area contributed by atoms with Gasteiger partial charge in [0.25, 0.3) is 0 Å². The van der Waals surface area contributed by atoms with Crippen molar-refractivity contribution < 1.29 is 14.6 Å². The summed E-state index contributed by atoms with van der Waals surface area (Å²) in [6.45, 7) is 2.37. The smallest absolute Gasteiger partial charge is 0.162 e. The quantitative estimate of drug-likeness (QED) is 0.365. The Morgan fingerprint density at radius 2 is 1.84 bits per heavy atom. The summed E-state index contributed by atoms with van der Waals surface area (Å²) in [5.41, 5.74) is 3.69. The maximum absolute atomic E-state index is 10.9. The normalized spacial score (nSPS) is 17.9. The summed E-state index contributed by atoms with van der Waals surface area (Å²) < 4.78 is 11.8. The zero-order valence-electron chi connectivity index (χ0n) is 17.7. The summed E-state index contributed by atoms with van der Waals surface area (Å²) in [5.74, 6) is 1.36. The molecule has 3 N–H and O–H groups in total. The summed E-state index contributed by atoms with van der Waals surface area (Å²) in [6.07, 6.45) is 1.84. The van der Waals surface area contributed by atoms with Crippen LogP contribution in [0.3, 0.4) is 0 Å². The first-order valence-electron chi connectivity index (χ1n) is 10.3. The maximum Gasteiger partial charge on any atom is 0.162 e. The van der Waals surface area contributed by atoms with Gasteiger partial charge in [0.2, 0.25) is 0 Å². The molecule has 0 amide bonds. The second-order valence-corrected chi connectivity index (χ2v) is 8.62. The average molecular weight is 516 g/mol. The molecule has 3 aromatic rings. The lowest BCUT2D eigenvalue weighted by atomic mass is 9.97. The predicted octanol–water partition coefficient (Wildman–Crippen LogP) is 6.19. The van der Waals surface area contributed by atoms with Gasteiger partial charge in [-0.3, -0.25) is 5.32 Å². The summed E-state index contributed by atoms with van der Waals surface area (Å²) in [7, 11) is 1.64. The Morgan fingerprint density at radius 3 is 2.53 bits per heavy atom. The lowest BCUT2D eigenvalue weighted by molar-refractivity contribution is 0.314. The van der Waals surface area contributed by atoms with Crippen molar-refractivity contribution in [1.82, 2.24) is 10.6 Å². The predicted molar refractivity (Wildman–Crippen MR) is 131 cm³/mol. The van der Waals surface area contributed by atoms with E-state index in [1.807, 2.05) is 61.5 Å². The first-order chi connectivity index (χ1) is 15.5. The number of benzene rings is 3. The standard InChI is InChI=1S/C25H24BrClN2O3/c1-3-32-23-6-4-5-18(24(23)30)21-14-20(15-7-10-17(27)11-8-15)28-25(29-21)16-9-12-22(31-2)19(26)13-16/h4-14,21,25,28-30H,3H2,1-2H3. The minimum atomic E-state index is -0.256. The van der Waals surface area contributed by atoms with E-state index in [4.69, 9.17) is 21.1 Å². The number of ether oxygens (including phenoxy) is 2. The van der Waals surface area contributed by atoms with Crippen LogP contribution in [-0.2, 0) is 0 Å². The molecule has 2 atom stereocenters. The largest absolute Gasteiger partial charge is 0.504 e. The molecule has 1 heterocycles. The topological polar surface area (TPSA) is 62.8 Å². The van der Waals surface area contributed by atoms with Crippen molar-refractivity contribution in [3.05, 3.63) is 92.9 Å². The first kappa shape index (κ1) is 22.5. The zero-order chi connectivity index (χ0) is 22.7. The van der Waals surface area contributed by atoms with Crippen LogP contribution < -0.4 is 20.1 Å². The van der Waals surface area contributed by atoms with Crippen LogP contribution >= 0.6 is 27.5 Å². The van der Waals surface area contributed by atoms with Gasteiger partial charge < -0.3 is 19.9 Å². The molecule has 166 valence electrons. The van der Waals surface area contributed by atoms with Gasteiger partial charge in [0.05, 0.1) is 24.2 Å². The van der Waals surface area contributed by atoms with Crippen molar-refractivity contribution >= 4 is 33.2 Å². The molecule has 4 rings (SSSR count). The molecule has 0 spiro atoms. The molecule has 0 aromatic heterocycles. The van der Waals surface area contributed by atoms with Gasteiger partial charge in [-0.1, -0.05) is 41.9 Å². The van der Waals surface area contributed by atoms with Gasteiger partial charge in [-0.2, -0.15) is 0 Å². The third-order valence-electron chi connectivity index (χ3n) is 5.31. The molecule has 0 fully saturated rings. The van der Waals surface area contributed by atoms with Gasteiger partial charge in [-0.25, -0.2) is 0 Å². The number of phenols is 1. The molecular weight excluding hydrogens is 492 g/mol. The monoisotopic (exact) mass is 514 g/mol. The van der Waals surface area contributed by atoms with Crippen LogP contribution in [-0.4, -0.2) is 18.8 Å². The van der Waals surface area contributed by atoms with Crippen LogP contribution in [0.15, 0.2) is 71.2 Å². The Bertz CT molecular complexity index is 1130. The van der Waals surface area contributed by atoms with E-state index in [9.17, 15) is 5.11 Å². The number of phenolic OH excluding ortho intramolecular Hbond substituents is 1. The Balaban J connectivity index is 1.76. The average Bonchev–Trinajstić information content (AvgIpc) is 2.80. The van der Waals surface area contributed by atoms with Crippen LogP contribution in [0.5, 0.6) is 17.2 Å². The van der Waals surface area contributed by atoms with E-state index < -0.39 is 0 Å². The Hall–Kier alpha value is -2.67. The van der Waals surface area contributed by atoms with Crippen molar-refractivity contribution in [2.24, 2.45) is 0 Å². The highest BCUT2D eigenvalue weighted by atomic mass is 79.9. The molecule has 0 bridgehead atoms. The fraction of sp³-hybridized carbons (Fsp3) is 0.200. The highest BCUT2D eigenvalue weighted by Gasteiger charge is 2.27. The van der Waals surface area contributed by atoms with Crippen LogP contribution in [0.4, 0.5) is 0 Å². The third-order valence-corrected chi connectivity index (χ3v) is 6.18. The van der Waals surface area contributed by atoms with Crippen molar-refractivity contribution in [3.63, 3.8) is 0 Å². The minimum Gasteiger partial charge on any atom is -0.504 e. The van der Waals surface area contributed by atoms with Crippen molar-refractivity contribution in [1.29, 1.82) is 0 Å². The molecule has 0 radical (unpaired) electrons. The highest BCUT2D eigenvalue weighted by molar-refractivity contribution is 9.10. The third kappa shape index (κ3) is 4.72. The minimum absolute atomic E-state index is 0.134. The maximum atomic E-state index is 10.9. The van der Waals surface area contributed by atoms with Gasteiger partial charge in [-0.15, -0.1) is 0 Å². The van der Waals surface area contributed by atoms with E-state index in [0.717, 1.165) is 32.6 Å². The Morgan fingerprint density at radius 1 is 1.06 bits per heavy atom. The van der Waals surface area contributed by atoms with E-state index in [2.05, 4.69) is 32.6 Å². The number of rotatable bonds is 6. The molecule has 0 aliphatic carbocycles. The molecule has 3 aromatic carbocycles. The van der Waals surface area contributed by atoms with E-state index in [1.165, 1.54) is 0 Å². The van der Waals surface area contributed by atoms with Gasteiger partial charge in [0, 0.05) is 16.3 Å². The number of halogens is 2. The van der Waals surface area contributed by atoms with Crippen molar-refractivity contribution in [3.8, 4) is 17.2 Å². The van der Waals surface area contributed by atoms with E-state index in [0.29, 0.717) is 17.4 Å². The highest BCUT2D eigenvalue weighted by Crippen LogP contribution is 2.38. The SMILES string of the molecule is CCOc1cccc(C2C=C(c3ccc(Cl)cc3)NC(c3ccc(OC)c(Br)c3)N2)c1O. The number of hydrogen-bond donors (Lipinski definition) is 3. The molecule has 5 nitrogen and oxygen atoms in total. The second kappa shape index (κ2) is 9.86. The van der Waals surface area contributed by atoms with Gasteiger partial charge >= 0.3 is 0 Å². The van der Waals surface area contributed by atoms with E-state index in [1.54, 1.807) is 13.2 Å². The fourth-order valence-electron chi connectivity index (χ4n) is 3.73. The zero-order valence-corrected chi connectivity index (χ0v) is 20.1. The number of nitrogens with one attached hydrogen (secondary N) is 2. The van der Waals surface area contributed by atoms with Crippen LogP contribution in [0.1, 0.15) is 35.8 Å². The number of hydrogen-bond acceptors (Lipinski definition) is 5. The van der Waals surface area contributed by atoms with Gasteiger partial charge in [0.15, 0.2) is 11.5 Å². The molecule has 32 heavy (non-hydrogen) atoms. The second-order valence-electron chi connectivity index (χ2n) is 7.33. The molecule has 0 saturated heterocycles. The molecule has 0 saturated carbocycles. The van der Waals surface area contributed by atoms with Crippen molar-refractivity contribution in [2.45, 2.75) is 19.1 Å². The van der Waals surface area contributed by atoms with E-state index in [-0.39, 0.29) is 18.0 Å². The summed E-state index contributed by atoms with van der Waals surface area (Å²) >= 11 is 9.67. The molecule has 7 heteroatoms. The van der Waals surface area contributed by atoms with Crippen LogP contribution in [0.25, 0.3) is 5.70 Å². The van der Waals surface area contributed by atoms with Crippen molar-refractivity contribution in [2.75, 3.05) is 13.7 Å².